The molecule has 1 aliphatic rings. The van der Waals surface area contributed by atoms with Crippen LogP contribution in [0, 0.1) is 5.82 Å². The molecule has 1 aromatic carbocycles. The minimum atomic E-state index is -4.68. The van der Waals surface area contributed by atoms with Crippen LogP contribution < -0.4 is 15.9 Å². The first kappa shape index (κ1) is 19.5. The van der Waals surface area contributed by atoms with Crippen molar-refractivity contribution in [3.05, 3.63) is 23.6 Å². The molecule has 9 nitrogen and oxygen atoms in total. The zero-order chi connectivity index (χ0) is 20.6. The number of oxazole rings is 1. The molecule has 1 N–H and O–H groups in total. The molecule has 1 saturated heterocycles. The quantitative estimate of drug-likeness (QED) is 0.613. The molecule has 1 atom stereocenters. The van der Waals surface area contributed by atoms with Gasteiger partial charge in [0.05, 0.1) is 12.2 Å². The van der Waals surface area contributed by atoms with Crippen molar-refractivity contribution in [2.24, 2.45) is 5.16 Å². The highest BCUT2D eigenvalue weighted by Crippen LogP contribution is 2.29. The van der Waals surface area contributed by atoms with Crippen LogP contribution in [-0.2, 0) is 20.9 Å². The molecule has 0 spiro atoms. The number of anilines is 1. The van der Waals surface area contributed by atoms with Gasteiger partial charge in [-0.1, -0.05) is 0 Å². The molecular formula is C15H14F4N4O5. The van der Waals surface area contributed by atoms with E-state index in [0.717, 1.165) is 24.1 Å². The van der Waals surface area contributed by atoms with E-state index in [-0.39, 0.29) is 17.8 Å². The van der Waals surface area contributed by atoms with Gasteiger partial charge in [0, 0.05) is 19.2 Å². The van der Waals surface area contributed by atoms with Gasteiger partial charge in [0.2, 0.25) is 0 Å². The van der Waals surface area contributed by atoms with Crippen molar-refractivity contribution in [1.82, 2.24) is 9.88 Å². The first-order valence-corrected chi connectivity index (χ1v) is 7.81. The molecule has 3 rings (SSSR count). The number of fused-ring (bicyclic) bond motifs is 1. The van der Waals surface area contributed by atoms with Gasteiger partial charge >= 0.3 is 18.0 Å². The van der Waals surface area contributed by atoms with Crippen LogP contribution in [0.3, 0.4) is 0 Å². The molecule has 0 radical (unpaired) electrons. The highest BCUT2D eigenvalue weighted by atomic mass is 19.4. The van der Waals surface area contributed by atoms with E-state index in [4.69, 9.17) is 9.15 Å². The van der Waals surface area contributed by atoms with Crippen LogP contribution in [0.2, 0.25) is 0 Å². The van der Waals surface area contributed by atoms with E-state index >= 15 is 0 Å². The number of aromatic nitrogens is 1. The number of ether oxygens (including phenoxy) is 1. The molecule has 1 aliphatic heterocycles. The fourth-order valence-electron chi connectivity index (χ4n) is 2.75. The maximum absolute atomic E-state index is 14.6. The summed E-state index contributed by atoms with van der Waals surface area (Å²) >= 11 is 0. The van der Waals surface area contributed by atoms with E-state index in [2.05, 4.69) is 15.3 Å². The monoisotopic (exact) mass is 406 g/mol. The average molecular weight is 406 g/mol. The average Bonchev–Trinajstić information content (AvgIpc) is 3.14. The van der Waals surface area contributed by atoms with Gasteiger partial charge < -0.3 is 19.3 Å². The van der Waals surface area contributed by atoms with Gasteiger partial charge in [0.25, 0.3) is 5.91 Å². The van der Waals surface area contributed by atoms with Crippen LogP contribution in [0.4, 0.5) is 28.0 Å². The van der Waals surface area contributed by atoms with Crippen molar-refractivity contribution in [2.75, 3.05) is 25.6 Å². The molecule has 13 heteroatoms. The van der Waals surface area contributed by atoms with Crippen molar-refractivity contribution in [3.63, 3.8) is 0 Å². The zero-order valence-electron chi connectivity index (χ0n) is 14.5. The van der Waals surface area contributed by atoms with E-state index in [9.17, 15) is 27.2 Å². The molecule has 2 aromatic rings. The predicted molar refractivity (Wildman–Crippen MR) is 84.5 cm³/mol. The van der Waals surface area contributed by atoms with Crippen LogP contribution in [0.1, 0.15) is 0 Å². The summed E-state index contributed by atoms with van der Waals surface area (Å²) in [4.78, 5) is 29.0. The number of halogens is 4. The second-order valence-corrected chi connectivity index (χ2v) is 5.73. The smallest absolute Gasteiger partial charge is 0.415 e. The van der Waals surface area contributed by atoms with Gasteiger partial charge in [0.1, 0.15) is 19.2 Å². The SMILES string of the molecule is CNC(=O)[C@H]1CN(c2cc(F)c3c(c2)oc(=NOC)n3CC(F)(F)F)C(=O)O1. The fourth-order valence-corrected chi connectivity index (χ4v) is 2.75. The van der Waals surface area contributed by atoms with Crippen LogP contribution in [0.25, 0.3) is 11.1 Å². The Kier molecular flexibility index (Phi) is 4.91. The Balaban J connectivity index is 2.08. The van der Waals surface area contributed by atoms with Crippen LogP contribution in [0.5, 0.6) is 0 Å². The number of nitrogens with one attached hydrogen (secondary N) is 1. The molecule has 2 amide bonds. The van der Waals surface area contributed by atoms with E-state index < -0.39 is 47.8 Å². The summed E-state index contributed by atoms with van der Waals surface area (Å²) in [6, 6.07) is 1.99. The van der Waals surface area contributed by atoms with Crippen molar-refractivity contribution >= 4 is 28.8 Å². The minimum Gasteiger partial charge on any atom is -0.434 e. The molecule has 152 valence electrons. The number of likely N-dealkylation sites (N-methyl/N-ethyl adjacent to an activating group) is 1. The van der Waals surface area contributed by atoms with Gasteiger partial charge in [0.15, 0.2) is 17.5 Å². The summed E-state index contributed by atoms with van der Waals surface area (Å²) in [7, 11) is 2.44. The fraction of sp³-hybridized carbons (Fsp3) is 0.400. The molecular weight excluding hydrogens is 392 g/mol. The predicted octanol–water partition coefficient (Wildman–Crippen LogP) is 1.47. The summed E-state index contributed by atoms with van der Waals surface area (Å²) in [5, 5.41) is 5.64. The van der Waals surface area contributed by atoms with Gasteiger partial charge in [-0.25, -0.2) is 9.18 Å². The van der Waals surface area contributed by atoms with Crippen LogP contribution in [0.15, 0.2) is 21.7 Å². The summed E-state index contributed by atoms with van der Waals surface area (Å²) in [5.74, 6) is -1.64. The number of rotatable bonds is 4. The normalized spacial score (nSPS) is 17.9. The molecule has 0 bridgehead atoms. The minimum absolute atomic E-state index is 0.0571. The van der Waals surface area contributed by atoms with Crippen molar-refractivity contribution in [1.29, 1.82) is 0 Å². The number of carbonyl (C=O) groups excluding carboxylic acids is 2. The molecule has 2 heterocycles. The lowest BCUT2D eigenvalue weighted by Gasteiger charge is -2.13. The topological polar surface area (TPSA) is 98.3 Å². The lowest BCUT2D eigenvalue weighted by molar-refractivity contribution is -0.141. The summed E-state index contributed by atoms with van der Waals surface area (Å²) < 4.78 is 63.7. The number of hydrogen-bond donors (Lipinski definition) is 1. The first-order valence-electron chi connectivity index (χ1n) is 7.81. The number of hydrogen-bond acceptors (Lipinski definition) is 6. The second-order valence-electron chi connectivity index (χ2n) is 5.73. The van der Waals surface area contributed by atoms with E-state index in [1.807, 2.05) is 0 Å². The number of cyclic esters (lactones) is 1. The third-order valence-electron chi connectivity index (χ3n) is 3.88. The second kappa shape index (κ2) is 7.05. The summed E-state index contributed by atoms with van der Waals surface area (Å²) in [6.45, 7) is -1.77. The van der Waals surface area contributed by atoms with Gasteiger partial charge in [-0.3, -0.25) is 14.3 Å². The molecule has 0 unspecified atom stereocenters. The Morgan fingerprint density at radius 3 is 2.75 bits per heavy atom. The van der Waals surface area contributed by atoms with E-state index in [1.54, 1.807) is 0 Å². The number of nitrogens with zero attached hydrogens (tertiary/aromatic N) is 3. The van der Waals surface area contributed by atoms with Crippen molar-refractivity contribution in [3.8, 4) is 0 Å². The maximum atomic E-state index is 14.6. The highest BCUT2D eigenvalue weighted by Gasteiger charge is 2.37. The highest BCUT2D eigenvalue weighted by molar-refractivity contribution is 5.96. The Morgan fingerprint density at radius 2 is 2.14 bits per heavy atom. The first-order chi connectivity index (χ1) is 13.1. The Labute approximate surface area is 154 Å². The molecule has 0 aliphatic carbocycles. The van der Waals surface area contributed by atoms with Crippen LogP contribution in [-0.4, -0.2) is 49.6 Å². The third-order valence-corrected chi connectivity index (χ3v) is 3.88. The largest absolute Gasteiger partial charge is 0.434 e. The Morgan fingerprint density at radius 1 is 1.43 bits per heavy atom. The van der Waals surface area contributed by atoms with Crippen molar-refractivity contribution < 1.29 is 41.1 Å². The maximum Gasteiger partial charge on any atom is 0.415 e. The number of amides is 2. The van der Waals surface area contributed by atoms with Crippen LogP contribution >= 0.6 is 0 Å². The molecule has 1 fully saturated rings. The standard InChI is InChI=1S/C15H14F4N4O5/c1-20-12(24)10-5-22(14(25)28-10)7-3-8(16)11-9(4-7)27-13(21-26-2)23(11)6-15(17,18)19/h3-4,10H,5-6H2,1-2H3,(H,20,24)/t10-/m1/s1. The van der Waals surface area contributed by atoms with Gasteiger partial charge in [-0.2, -0.15) is 13.2 Å². The molecule has 1 aromatic heterocycles. The Hall–Kier alpha value is -3.25. The number of alkyl halides is 3. The zero-order valence-corrected chi connectivity index (χ0v) is 14.5. The van der Waals surface area contributed by atoms with E-state index in [1.165, 1.54) is 7.05 Å². The number of benzene rings is 1. The lowest BCUT2D eigenvalue weighted by Crippen LogP contribution is -2.35. The van der Waals surface area contributed by atoms with Crippen molar-refractivity contribution in [2.45, 2.75) is 18.8 Å². The molecule has 0 saturated carbocycles. The van der Waals surface area contributed by atoms with E-state index in [0.29, 0.717) is 4.57 Å². The van der Waals surface area contributed by atoms with Gasteiger partial charge in [-0.05, 0) is 5.16 Å². The molecule has 28 heavy (non-hydrogen) atoms. The number of carbonyl (C=O) groups is 2. The lowest BCUT2D eigenvalue weighted by atomic mass is 10.2. The Bertz CT molecular complexity index is 997. The van der Waals surface area contributed by atoms with Gasteiger partial charge in [-0.15, -0.1) is 0 Å². The summed E-state index contributed by atoms with van der Waals surface area (Å²) in [5.41, 5.74) is -1.48. The summed E-state index contributed by atoms with van der Waals surface area (Å²) in [6.07, 6.45) is -6.70. The third kappa shape index (κ3) is 3.59.